The summed E-state index contributed by atoms with van der Waals surface area (Å²) in [6.45, 7) is 2.77. The van der Waals surface area contributed by atoms with E-state index in [-0.39, 0.29) is 0 Å². The van der Waals surface area contributed by atoms with Crippen molar-refractivity contribution < 1.29 is 0 Å². The van der Waals surface area contributed by atoms with Gasteiger partial charge in [0.15, 0.2) is 0 Å². The van der Waals surface area contributed by atoms with E-state index in [1.165, 1.54) is 16.7 Å². The third-order valence-corrected chi connectivity index (χ3v) is 4.01. The van der Waals surface area contributed by atoms with E-state index in [2.05, 4.69) is 59.5 Å². The van der Waals surface area contributed by atoms with E-state index in [1.54, 1.807) is 0 Å². The Kier molecular flexibility index (Phi) is 3.62. The Morgan fingerprint density at radius 1 is 0.947 bits per heavy atom. The molecule has 1 unspecified atom stereocenters. The minimum atomic E-state index is 0.328. The van der Waals surface area contributed by atoms with E-state index in [4.69, 9.17) is 5.73 Å². The topological polar surface area (TPSA) is 29.3 Å². The molecule has 2 aromatic rings. The van der Waals surface area contributed by atoms with E-state index in [0.29, 0.717) is 12.6 Å². The lowest BCUT2D eigenvalue weighted by Crippen LogP contribution is -2.37. The zero-order valence-corrected chi connectivity index (χ0v) is 11.1. The fourth-order valence-corrected chi connectivity index (χ4v) is 2.95. The number of hydrogen-bond acceptors (Lipinski definition) is 2. The highest BCUT2D eigenvalue weighted by Gasteiger charge is 2.23. The van der Waals surface area contributed by atoms with Gasteiger partial charge in [-0.15, -0.1) is 0 Å². The van der Waals surface area contributed by atoms with Crippen LogP contribution in [0.4, 0.5) is 0 Å². The first kappa shape index (κ1) is 12.4. The Bertz CT molecular complexity index is 536. The number of benzene rings is 2. The van der Waals surface area contributed by atoms with E-state index >= 15 is 0 Å². The van der Waals surface area contributed by atoms with E-state index in [1.807, 2.05) is 0 Å². The Balaban J connectivity index is 1.83. The molecule has 98 valence electrons. The molecular formula is C17H20N2. The number of nitrogens with two attached hydrogens (primary N) is 1. The molecule has 0 saturated carbocycles. The second-order valence-electron chi connectivity index (χ2n) is 5.15. The van der Waals surface area contributed by atoms with Crippen LogP contribution < -0.4 is 5.73 Å². The Hall–Kier alpha value is -1.64. The van der Waals surface area contributed by atoms with Gasteiger partial charge in [-0.2, -0.15) is 0 Å². The quantitative estimate of drug-likeness (QED) is 0.910. The van der Waals surface area contributed by atoms with Crippen molar-refractivity contribution >= 4 is 0 Å². The van der Waals surface area contributed by atoms with Crippen LogP contribution in [0.1, 0.15) is 22.7 Å². The predicted molar refractivity (Wildman–Crippen MR) is 78.8 cm³/mol. The third-order valence-electron chi connectivity index (χ3n) is 4.01. The molecule has 0 saturated heterocycles. The van der Waals surface area contributed by atoms with Crippen LogP contribution in [0.2, 0.25) is 0 Å². The minimum Gasteiger partial charge on any atom is -0.329 e. The van der Waals surface area contributed by atoms with Crippen molar-refractivity contribution in [1.82, 2.24) is 4.90 Å². The Labute approximate surface area is 114 Å². The molecule has 1 aliphatic rings. The molecule has 2 N–H and O–H groups in total. The van der Waals surface area contributed by atoms with Crippen molar-refractivity contribution in [2.24, 2.45) is 5.73 Å². The molecule has 0 aromatic heterocycles. The van der Waals surface area contributed by atoms with Gasteiger partial charge in [-0.3, -0.25) is 4.90 Å². The van der Waals surface area contributed by atoms with Gasteiger partial charge < -0.3 is 5.73 Å². The maximum Gasteiger partial charge on any atom is 0.0474 e. The molecule has 1 heterocycles. The number of nitrogens with zero attached hydrogens (tertiary/aromatic N) is 1. The highest BCUT2D eigenvalue weighted by atomic mass is 15.2. The summed E-state index contributed by atoms with van der Waals surface area (Å²) in [6.07, 6.45) is 1.12. The summed E-state index contributed by atoms with van der Waals surface area (Å²) in [5, 5.41) is 0. The lowest BCUT2D eigenvalue weighted by Gasteiger charge is -2.35. The molecule has 1 atom stereocenters. The van der Waals surface area contributed by atoms with Gasteiger partial charge in [-0.1, -0.05) is 54.6 Å². The van der Waals surface area contributed by atoms with Gasteiger partial charge in [0.1, 0.15) is 0 Å². The Morgan fingerprint density at radius 3 is 2.37 bits per heavy atom. The summed E-state index contributed by atoms with van der Waals surface area (Å²) in [6, 6.07) is 19.7. The monoisotopic (exact) mass is 252 g/mol. The van der Waals surface area contributed by atoms with Gasteiger partial charge in [0.2, 0.25) is 0 Å². The van der Waals surface area contributed by atoms with Crippen molar-refractivity contribution in [2.45, 2.75) is 19.0 Å². The van der Waals surface area contributed by atoms with Gasteiger partial charge in [0, 0.05) is 25.7 Å². The lowest BCUT2D eigenvalue weighted by molar-refractivity contribution is 0.183. The normalized spacial score (nSPS) is 16.9. The summed E-state index contributed by atoms with van der Waals surface area (Å²) >= 11 is 0. The van der Waals surface area contributed by atoms with Gasteiger partial charge in [0.25, 0.3) is 0 Å². The summed E-state index contributed by atoms with van der Waals surface area (Å²) < 4.78 is 0. The fraction of sp³-hybridized carbons (Fsp3) is 0.294. The molecule has 3 rings (SSSR count). The fourth-order valence-electron chi connectivity index (χ4n) is 2.95. The van der Waals surface area contributed by atoms with Crippen LogP contribution in [0, 0.1) is 0 Å². The molecule has 0 spiro atoms. The molecule has 2 nitrogen and oxygen atoms in total. The molecule has 0 radical (unpaired) electrons. The van der Waals surface area contributed by atoms with E-state index in [0.717, 1.165) is 19.5 Å². The molecule has 2 aromatic carbocycles. The van der Waals surface area contributed by atoms with Crippen LogP contribution in [-0.4, -0.2) is 18.0 Å². The summed E-state index contributed by atoms with van der Waals surface area (Å²) in [5.41, 5.74) is 10.3. The SMILES string of the molecule is NCC(c1ccccc1)N1CCc2ccccc2C1. The van der Waals surface area contributed by atoms with Crippen LogP contribution >= 0.6 is 0 Å². The zero-order chi connectivity index (χ0) is 13.1. The molecule has 0 fully saturated rings. The molecule has 19 heavy (non-hydrogen) atoms. The van der Waals surface area contributed by atoms with Gasteiger partial charge in [0.05, 0.1) is 0 Å². The molecule has 0 bridgehead atoms. The van der Waals surface area contributed by atoms with Gasteiger partial charge >= 0.3 is 0 Å². The summed E-state index contributed by atoms with van der Waals surface area (Å²) in [5.74, 6) is 0. The minimum absolute atomic E-state index is 0.328. The second-order valence-corrected chi connectivity index (χ2v) is 5.15. The van der Waals surface area contributed by atoms with E-state index < -0.39 is 0 Å². The predicted octanol–water partition coefficient (Wildman–Crippen LogP) is 2.74. The average Bonchev–Trinajstić information content (AvgIpc) is 2.49. The smallest absolute Gasteiger partial charge is 0.0474 e. The first-order valence-corrected chi connectivity index (χ1v) is 6.94. The van der Waals surface area contributed by atoms with Crippen molar-refractivity contribution in [3.8, 4) is 0 Å². The van der Waals surface area contributed by atoms with Crippen molar-refractivity contribution in [2.75, 3.05) is 13.1 Å². The zero-order valence-electron chi connectivity index (χ0n) is 11.1. The number of hydrogen-bond donors (Lipinski definition) is 1. The highest BCUT2D eigenvalue weighted by molar-refractivity contribution is 5.30. The summed E-state index contributed by atoms with van der Waals surface area (Å²) in [4.78, 5) is 2.50. The number of rotatable bonds is 3. The third kappa shape index (κ3) is 2.55. The molecule has 0 amide bonds. The van der Waals surface area contributed by atoms with Gasteiger partial charge in [-0.25, -0.2) is 0 Å². The second kappa shape index (κ2) is 5.55. The van der Waals surface area contributed by atoms with Crippen LogP contribution in [0.5, 0.6) is 0 Å². The molecule has 0 aliphatic carbocycles. The van der Waals surface area contributed by atoms with Crippen LogP contribution in [0.25, 0.3) is 0 Å². The molecular weight excluding hydrogens is 232 g/mol. The van der Waals surface area contributed by atoms with Crippen molar-refractivity contribution in [3.63, 3.8) is 0 Å². The number of fused-ring (bicyclic) bond motifs is 1. The van der Waals surface area contributed by atoms with Crippen LogP contribution in [-0.2, 0) is 13.0 Å². The van der Waals surface area contributed by atoms with E-state index in [9.17, 15) is 0 Å². The largest absolute Gasteiger partial charge is 0.329 e. The first-order chi connectivity index (χ1) is 9.38. The average molecular weight is 252 g/mol. The maximum atomic E-state index is 6.01. The van der Waals surface area contributed by atoms with Crippen LogP contribution in [0.15, 0.2) is 54.6 Å². The van der Waals surface area contributed by atoms with Crippen LogP contribution in [0.3, 0.4) is 0 Å². The van der Waals surface area contributed by atoms with Crippen molar-refractivity contribution in [1.29, 1.82) is 0 Å². The summed E-state index contributed by atoms with van der Waals surface area (Å²) in [7, 11) is 0. The highest BCUT2D eigenvalue weighted by Crippen LogP contribution is 2.26. The maximum absolute atomic E-state index is 6.01. The van der Waals surface area contributed by atoms with Gasteiger partial charge in [-0.05, 0) is 23.1 Å². The van der Waals surface area contributed by atoms with Crippen molar-refractivity contribution in [3.05, 3.63) is 71.3 Å². The molecule has 2 heteroatoms. The standard InChI is InChI=1S/C17H20N2/c18-12-17(15-7-2-1-3-8-15)19-11-10-14-6-4-5-9-16(14)13-19/h1-9,17H,10-13,18H2. The Morgan fingerprint density at radius 2 is 1.63 bits per heavy atom. The first-order valence-electron chi connectivity index (χ1n) is 6.94. The lowest BCUT2D eigenvalue weighted by atomic mass is 9.96. The molecule has 1 aliphatic heterocycles.